The van der Waals surface area contributed by atoms with Gasteiger partial charge < -0.3 is 5.11 Å². The van der Waals surface area contributed by atoms with Gasteiger partial charge >= 0.3 is 0 Å². The number of halogens is 1. The lowest BCUT2D eigenvalue weighted by Gasteiger charge is -2.57. The summed E-state index contributed by atoms with van der Waals surface area (Å²) in [6.07, 6.45) is 10.0. The second-order valence-electron chi connectivity index (χ2n) is 11.1. The number of nitrogens with zero attached hydrogens (tertiary/aromatic N) is 2. The van der Waals surface area contributed by atoms with Gasteiger partial charge in [0.15, 0.2) is 5.78 Å². The quantitative estimate of drug-likeness (QED) is 0.814. The summed E-state index contributed by atoms with van der Waals surface area (Å²) in [6, 6.07) is 1.86. The van der Waals surface area contributed by atoms with Gasteiger partial charge in [0.25, 0.3) is 0 Å². The smallest absolute Gasteiger partial charge is 0.157 e. The number of rotatable bonds is 3. The second kappa shape index (κ2) is 6.90. The molecule has 0 amide bonds. The number of ketones is 1. The van der Waals surface area contributed by atoms with Crippen molar-refractivity contribution in [2.75, 3.05) is 0 Å². The van der Waals surface area contributed by atoms with E-state index in [-0.39, 0.29) is 17.3 Å². The van der Waals surface area contributed by atoms with E-state index in [0.717, 1.165) is 38.5 Å². The molecule has 1 aromatic heterocycles. The Bertz CT molecular complexity index is 763. The van der Waals surface area contributed by atoms with Gasteiger partial charge in [0.2, 0.25) is 0 Å². The molecule has 4 aliphatic rings. The summed E-state index contributed by atoms with van der Waals surface area (Å²) >= 11 is 0. The van der Waals surface area contributed by atoms with Crippen LogP contribution in [-0.2, 0) is 11.3 Å². The van der Waals surface area contributed by atoms with E-state index >= 15 is 4.39 Å². The average molecular weight is 403 g/mol. The van der Waals surface area contributed by atoms with Crippen molar-refractivity contribution in [2.45, 2.75) is 83.5 Å². The van der Waals surface area contributed by atoms with Crippen LogP contribution in [0.1, 0.15) is 65.2 Å². The molecule has 0 aromatic carbocycles. The number of fused-ring (bicyclic) bond motifs is 5. The zero-order valence-corrected chi connectivity index (χ0v) is 17.8. The number of carbonyl (C=O) groups excluding carboxylic acids is 1. The van der Waals surface area contributed by atoms with Crippen LogP contribution in [0.2, 0.25) is 0 Å². The summed E-state index contributed by atoms with van der Waals surface area (Å²) < 4.78 is 17.1. The van der Waals surface area contributed by atoms with Gasteiger partial charge in [-0.2, -0.15) is 5.10 Å². The lowest BCUT2D eigenvalue weighted by atomic mass is 9.48. The fraction of sp³-hybridized carbons (Fsp3) is 0.833. The van der Waals surface area contributed by atoms with Crippen LogP contribution < -0.4 is 0 Å². The Labute approximate surface area is 173 Å². The van der Waals surface area contributed by atoms with E-state index in [1.807, 2.05) is 19.2 Å². The zero-order chi connectivity index (χ0) is 20.4. The van der Waals surface area contributed by atoms with E-state index < -0.39 is 11.8 Å². The predicted octanol–water partition coefficient (Wildman–Crippen LogP) is 4.42. The number of alkyl halides is 1. The molecule has 0 saturated heterocycles. The minimum absolute atomic E-state index is 0.0120. The largest absolute Gasteiger partial charge is 0.390 e. The van der Waals surface area contributed by atoms with Crippen molar-refractivity contribution in [2.24, 2.45) is 40.9 Å². The first kappa shape index (κ1) is 19.7. The minimum Gasteiger partial charge on any atom is -0.390 e. The van der Waals surface area contributed by atoms with E-state index in [9.17, 15) is 9.90 Å². The molecule has 1 N–H and O–H groups in total. The van der Waals surface area contributed by atoms with Crippen LogP contribution in [0.4, 0.5) is 4.39 Å². The Kier molecular flexibility index (Phi) is 4.69. The lowest BCUT2D eigenvalue weighted by Crippen LogP contribution is -2.54. The van der Waals surface area contributed by atoms with Crippen molar-refractivity contribution in [1.29, 1.82) is 0 Å². The third-order valence-corrected chi connectivity index (χ3v) is 9.51. The number of aliphatic hydroxyl groups is 1. The van der Waals surface area contributed by atoms with E-state index in [2.05, 4.69) is 12.0 Å². The minimum atomic E-state index is -0.797. The van der Waals surface area contributed by atoms with Crippen molar-refractivity contribution in [3.63, 3.8) is 0 Å². The molecule has 160 valence electrons. The SMILES string of the molecule is C[C@@]1(O)CC[C@@H]2[C@H]3CC[C@]4(C)[C@@H](C(=O)Cn5cccn5)CC[C@H]4[C@@H]3C[C@@H](F)[C@@H]2C1. The Balaban J connectivity index is 1.35. The maximum Gasteiger partial charge on any atom is 0.157 e. The molecule has 0 unspecified atom stereocenters. The first-order chi connectivity index (χ1) is 13.8. The average Bonchev–Trinajstić information content (AvgIpc) is 3.28. The molecule has 4 fully saturated rings. The fourth-order valence-corrected chi connectivity index (χ4v) is 8.20. The molecule has 1 heterocycles. The molecule has 0 radical (unpaired) electrons. The fourth-order valence-electron chi connectivity index (χ4n) is 8.20. The number of aromatic nitrogens is 2. The van der Waals surface area contributed by atoms with Gasteiger partial charge in [-0.1, -0.05) is 6.92 Å². The van der Waals surface area contributed by atoms with Crippen molar-refractivity contribution in [3.8, 4) is 0 Å². The van der Waals surface area contributed by atoms with E-state index in [0.29, 0.717) is 48.8 Å². The number of Topliss-reactive ketones (excluding diaryl/α,β-unsaturated/α-hetero) is 1. The van der Waals surface area contributed by atoms with Gasteiger partial charge in [-0.05, 0) is 99.4 Å². The van der Waals surface area contributed by atoms with Gasteiger partial charge in [-0.3, -0.25) is 9.48 Å². The number of carbonyl (C=O) groups is 1. The van der Waals surface area contributed by atoms with Crippen molar-refractivity contribution in [1.82, 2.24) is 9.78 Å². The lowest BCUT2D eigenvalue weighted by molar-refractivity contribution is -0.139. The molecule has 0 spiro atoms. The first-order valence-corrected chi connectivity index (χ1v) is 11.6. The molecule has 5 heteroatoms. The van der Waals surface area contributed by atoms with Crippen molar-refractivity contribution >= 4 is 5.78 Å². The van der Waals surface area contributed by atoms with Crippen molar-refractivity contribution < 1.29 is 14.3 Å². The Morgan fingerprint density at radius 1 is 1.14 bits per heavy atom. The number of hydrogen-bond donors (Lipinski definition) is 1. The summed E-state index contributed by atoms with van der Waals surface area (Å²) in [5.74, 6) is 2.30. The van der Waals surface area contributed by atoms with Gasteiger partial charge in [-0.25, -0.2) is 4.39 Å². The molecule has 0 bridgehead atoms. The third-order valence-electron chi connectivity index (χ3n) is 9.51. The van der Waals surface area contributed by atoms with E-state index in [1.54, 1.807) is 10.9 Å². The highest BCUT2D eigenvalue weighted by atomic mass is 19.1. The van der Waals surface area contributed by atoms with E-state index in [4.69, 9.17) is 0 Å². The second-order valence-corrected chi connectivity index (χ2v) is 11.1. The van der Waals surface area contributed by atoms with Crippen LogP contribution in [0.15, 0.2) is 18.5 Å². The van der Waals surface area contributed by atoms with Gasteiger partial charge in [0.1, 0.15) is 6.17 Å². The standard InChI is InChI=1S/C24H35FN2O2/c1-23(29)8-6-16-15-7-9-24(2)19(17(15)12-21(25)18(16)13-23)4-5-20(24)22(28)14-27-11-3-10-26-27/h3,10-11,15-21,29H,4-9,12-14H2,1-2H3/t15-,16-,17-,18-,19+,20-,21-,23-,24+/m1/s1. The summed E-state index contributed by atoms with van der Waals surface area (Å²) in [5, 5.41) is 14.7. The third kappa shape index (κ3) is 3.19. The maximum atomic E-state index is 15.3. The van der Waals surface area contributed by atoms with Gasteiger partial charge in [0.05, 0.1) is 12.1 Å². The molecular weight excluding hydrogens is 367 g/mol. The normalized spacial score (nSPS) is 49.2. The van der Waals surface area contributed by atoms with Crippen molar-refractivity contribution in [3.05, 3.63) is 18.5 Å². The maximum absolute atomic E-state index is 15.3. The monoisotopic (exact) mass is 402 g/mol. The molecule has 9 atom stereocenters. The molecular formula is C24H35FN2O2. The summed E-state index contributed by atoms with van der Waals surface area (Å²) in [6.45, 7) is 4.56. The molecule has 4 saturated carbocycles. The van der Waals surface area contributed by atoms with E-state index in [1.165, 1.54) is 0 Å². The highest BCUT2D eigenvalue weighted by Crippen LogP contribution is 2.65. The first-order valence-electron chi connectivity index (χ1n) is 11.6. The molecule has 29 heavy (non-hydrogen) atoms. The van der Waals surface area contributed by atoms with Gasteiger partial charge in [0, 0.05) is 18.3 Å². The summed E-state index contributed by atoms with van der Waals surface area (Å²) in [7, 11) is 0. The van der Waals surface area contributed by atoms with Crippen LogP contribution in [-0.4, -0.2) is 32.4 Å². The summed E-state index contributed by atoms with van der Waals surface area (Å²) in [5.41, 5.74) is -0.684. The molecule has 0 aliphatic heterocycles. The predicted molar refractivity (Wildman–Crippen MR) is 109 cm³/mol. The molecule has 4 aliphatic carbocycles. The zero-order valence-electron chi connectivity index (χ0n) is 17.8. The summed E-state index contributed by atoms with van der Waals surface area (Å²) in [4.78, 5) is 13.1. The van der Waals surface area contributed by atoms with Crippen LogP contribution in [0.25, 0.3) is 0 Å². The topological polar surface area (TPSA) is 55.1 Å². The number of hydrogen-bond acceptors (Lipinski definition) is 3. The Hall–Kier alpha value is -1.23. The van der Waals surface area contributed by atoms with Crippen LogP contribution >= 0.6 is 0 Å². The highest BCUT2D eigenvalue weighted by molar-refractivity contribution is 5.82. The van der Waals surface area contributed by atoms with Crippen LogP contribution in [0.3, 0.4) is 0 Å². The van der Waals surface area contributed by atoms with Crippen LogP contribution in [0, 0.1) is 40.9 Å². The van der Waals surface area contributed by atoms with Gasteiger partial charge in [-0.15, -0.1) is 0 Å². The van der Waals surface area contributed by atoms with Crippen LogP contribution in [0.5, 0.6) is 0 Å². The Morgan fingerprint density at radius 2 is 1.90 bits per heavy atom. The molecule has 1 aromatic rings. The Morgan fingerprint density at radius 3 is 2.66 bits per heavy atom. The molecule has 4 nitrogen and oxygen atoms in total. The molecule has 5 rings (SSSR count). The highest BCUT2D eigenvalue weighted by Gasteiger charge is 2.60.